The Morgan fingerprint density at radius 1 is 1.50 bits per heavy atom. The van der Waals surface area contributed by atoms with Gasteiger partial charge in [-0.15, -0.1) is 0 Å². The maximum absolute atomic E-state index is 12.4. The van der Waals surface area contributed by atoms with E-state index in [1.165, 1.54) is 6.07 Å². The van der Waals surface area contributed by atoms with E-state index in [-0.39, 0.29) is 23.7 Å². The van der Waals surface area contributed by atoms with Crippen LogP contribution in [0.5, 0.6) is 0 Å². The molecule has 3 nitrogen and oxygen atoms in total. The zero-order chi connectivity index (χ0) is 13.7. The highest BCUT2D eigenvalue weighted by molar-refractivity contribution is 6.34. The lowest BCUT2D eigenvalue weighted by Crippen LogP contribution is -2.37. The Kier molecular flexibility index (Phi) is 5.50. The van der Waals surface area contributed by atoms with Crippen molar-refractivity contribution >= 4 is 17.5 Å². The normalized spacial score (nSPS) is 10.8. The van der Waals surface area contributed by atoms with Crippen LogP contribution in [-0.2, 0) is 0 Å². The van der Waals surface area contributed by atoms with Gasteiger partial charge >= 0.3 is 0 Å². The smallest absolute Gasteiger partial charge is 0.255 e. The van der Waals surface area contributed by atoms with E-state index < -0.39 is 18.9 Å². The summed E-state index contributed by atoms with van der Waals surface area (Å²) in [5.41, 5.74) is 0.870. The number of halogens is 3. The number of nitrogens with zero attached hydrogens (tertiary/aromatic N) is 1. The minimum atomic E-state index is -2.65. The molecule has 0 aliphatic heterocycles. The van der Waals surface area contributed by atoms with E-state index in [0.717, 1.165) is 4.90 Å². The minimum absolute atomic E-state index is 0.145. The van der Waals surface area contributed by atoms with Gasteiger partial charge in [-0.2, -0.15) is 0 Å². The van der Waals surface area contributed by atoms with Crippen LogP contribution in [-0.4, -0.2) is 42.0 Å². The van der Waals surface area contributed by atoms with Crippen molar-refractivity contribution in [1.29, 1.82) is 0 Å². The molecule has 100 valence electrons. The second kappa shape index (κ2) is 6.66. The predicted molar refractivity (Wildman–Crippen MR) is 65.2 cm³/mol. The van der Waals surface area contributed by atoms with Gasteiger partial charge in [0, 0.05) is 6.54 Å². The Bertz CT molecular complexity index is 427. The van der Waals surface area contributed by atoms with Gasteiger partial charge in [-0.3, -0.25) is 4.79 Å². The highest BCUT2D eigenvalue weighted by atomic mass is 35.5. The molecule has 0 fully saturated rings. The number of hydrogen-bond acceptors (Lipinski definition) is 2. The van der Waals surface area contributed by atoms with Crippen LogP contribution >= 0.6 is 11.6 Å². The monoisotopic (exact) mass is 277 g/mol. The Balaban J connectivity index is 2.98. The number of aliphatic hydroxyl groups is 1. The van der Waals surface area contributed by atoms with Crippen molar-refractivity contribution in [3.63, 3.8) is 0 Å². The molecule has 0 atom stereocenters. The van der Waals surface area contributed by atoms with E-state index in [0.29, 0.717) is 5.56 Å². The first-order chi connectivity index (χ1) is 8.47. The molecule has 0 radical (unpaired) electrons. The van der Waals surface area contributed by atoms with E-state index in [1.807, 2.05) is 0 Å². The largest absolute Gasteiger partial charge is 0.395 e. The SMILES string of the molecule is Cc1cccc(C(=O)N(CCO)CC(F)F)c1Cl. The van der Waals surface area contributed by atoms with Crippen LogP contribution in [0.4, 0.5) is 8.78 Å². The van der Waals surface area contributed by atoms with Crippen molar-refractivity contribution in [1.82, 2.24) is 4.90 Å². The number of rotatable bonds is 5. The maximum Gasteiger partial charge on any atom is 0.255 e. The molecule has 1 amide bonds. The molecule has 0 unspecified atom stereocenters. The van der Waals surface area contributed by atoms with Crippen LogP contribution in [0, 0.1) is 6.92 Å². The van der Waals surface area contributed by atoms with Crippen LogP contribution in [0.3, 0.4) is 0 Å². The molecule has 0 aliphatic carbocycles. The van der Waals surface area contributed by atoms with Crippen molar-refractivity contribution in [3.8, 4) is 0 Å². The summed E-state index contributed by atoms with van der Waals surface area (Å²) >= 11 is 5.97. The number of benzene rings is 1. The second-order valence-electron chi connectivity index (χ2n) is 3.80. The highest BCUT2D eigenvalue weighted by Crippen LogP contribution is 2.22. The fourth-order valence-electron chi connectivity index (χ4n) is 1.55. The molecule has 1 rings (SSSR count). The fraction of sp³-hybridized carbons (Fsp3) is 0.417. The van der Waals surface area contributed by atoms with Gasteiger partial charge in [0.25, 0.3) is 12.3 Å². The minimum Gasteiger partial charge on any atom is -0.395 e. The molecular weight excluding hydrogens is 264 g/mol. The van der Waals surface area contributed by atoms with Gasteiger partial charge in [-0.05, 0) is 18.6 Å². The molecule has 0 aliphatic rings. The van der Waals surface area contributed by atoms with Crippen LogP contribution in [0.1, 0.15) is 15.9 Å². The molecule has 0 bridgehead atoms. The summed E-state index contributed by atoms with van der Waals surface area (Å²) < 4.78 is 24.7. The summed E-state index contributed by atoms with van der Waals surface area (Å²) in [7, 11) is 0. The Morgan fingerprint density at radius 2 is 2.17 bits per heavy atom. The van der Waals surface area contributed by atoms with E-state index >= 15 is 0 Å². The number of aryl methyl sites for hydroxylation is 1. The third-order valence-electron chi connectivity index (χ3n) is 2.44. The highest BCUT2D eigenvalue weighted by Gasteiger charge is 2.21. The van der Waals surface area contributed by atoms with Crippen molar-refractivity contribution < 1.29 is 18.7 Å². The summed E-state index contributed by atoms with van der Waals surface area (Å²) in [6.45, 7) is 0.488. The maximum atomic E-state index is 12.4. The number of aliphatic hydroxyl groups excluding tert-OH is 1. The molecule has 6 heteroatoms. The average Bonchev–Trinajstić information content (AvgIpc) is 2.31. The van der Waals surface area contributed by atoms with Gasteiger partial charge in [-0.25, -0.2) is 8.78 Å². The lowest BCUT2D eigenvalue weighted by atomic mass is 10.1. The number of carbonyl (C=O) groups is 1. The Morgan fingerprint density at radius 3 is 2.72 bits per heavy atom. The van der Waals surface area contributed by atoms with Crippen molar-refractivity contribution in [3.05, 3.63) is 34.3 Å². The molecule has 0 aromatic heterocycles. The average molecular weight is 278 g/mol. The summed E-state index contributed by atoms with van der Waals surface area (Å²) in [4.78, 5) is 12.9. The summed E-state index contributed by atoms with van der Waals surface area (Å²) in [6, 6.07) is 4.84. The zero-order valence-electron chi connectivity index (χ0n) is 9.87. The molecule has 0 saturated carbocycles. The quantitative estimate of drug-likeness (QED) is 0.897. The first-order valence-corrected chi connectivity index (χ1v) is 5.78. The van der Waals surface area contributed by atoms with Gasteiger partial charge in [0.1, 0.15) is 0 Å². The lowest BCUT2D eigenvalue weighted by Gasteiger charge is -2.22. The second-order valence-corrected chi connectivity index (χ2v) is 4.18. The van der Waals surface area contributed by atoms with Crippen LogP contribution in [0.15, 0.2) is 18.2 Å². The molecule has 18 heavy (non-hydrogen) atoms. The van der Waals surface area contributed by atoms with Gasteiger partial charge < -0.3 is 10.0 Å². The molecule has 0 heterocycles. The molecule has 1 aromatic carbocycles. The number of hydrogen-bond donors (Lipinski definition) is 1. The lowest BCUT2D eigenvalue weighted by molar-refractivity contribution is 0.0509. The first-order valence-electron chi connectivity index (χ1n) is 5.40. The van der Waals surface area contributed by atoms with E-state index in [9.17, 15) is 13.6 Å². The fourth-order valence-corrected chi connectivity index (χ4v) is 1.75. The predicted octanol–water partition coefficient (Wildman–Crippen LogP) is 2.35. The number of amides is 1. The number of alkyl halides is 2. The Hall–Kier alpha value is -1.20. The molecule has 0 spiro atoms. The molecule has 1 aromatic rings. The van der Waals surface area contributed by atoms with E-state index in [2.05, 4.69) is 0 Å². The summed E-state index contributed by atoms with van der Waals surface area (Å²) in [5.74, 6) is -0.599. The molecule has 1 N–H and O–H groups in total. The first kappa shape index (κ1) is 14.9. The van der Waals surface area contributed by atoms with Crippen molar-refractivity contribution in [2.45, 2.75) is 13.3 Å². The van der Waals surface area contributed by atoms with Crippen molar-refractivity contribution in [2.75, 3.05) is 19.7 Å². The van der Waals surface area contributed by atoms with E-state index in [1.54, 1.807) is 19.1 Å². The molecular formula is C12H14ClF2NO2. The van der Waals surface area contributed by atoms with Crippen LogP contribution in [0.2, 0.25) is 5.02 Å². The topological polar surface area (TPSA) is 40.5 Å². The van der Waals surface area contributed by atoms with Crippen molar-refractivity contribution in [2.24, 2.45) is 0 Å². The Labute approximate surface area is 109 Å². The van der Waals surface area contributed by atoms with Gasteiger partial charge in [0.05, 0.1) is 23.7 Å². The van der Waals surface area contributed by atoms with Crippen LogP contribution in [0.25, 0.3) is 0 Å². The molecule has 0 saturated heterocycles. The summed E-state index contributed by atoms with van der Waals surface area (Å²) in [6.07, 6.45) is -2.65. The zero-order valence-corrected chi connectivity index (χ0v) is 10.6. The van der Waals surface area contributed by atoms with E-state index in [4.69, 9.17) is 16.7 Å². The van der Waals surface area contributed by atoms with Gasteiger partial charge in [0.15, 0.2) is 0 Å². The van der Waals surface area contributed by atoms with Crippen LogP contribution < -0.4 is 0 Å². The standard InChI is InChI=1S/C12H14ClF2NO2/c1-8-3-2-4-9(11(8)13)12(18)16(5-6-17)7-10(14)15/h2-4,10,17H,5-7H2,1H3. The van der Waals surface area contributed by atoms with Gasteiger partial charge in [-0.1, -0.05) is 23.7 Å². The third kappa shape index (κ3) is 3.65. The van der Waals surface area contributed by atoms with Gasteiger partial charge in [0.2, 0.25) is 0 Å². The third-order valence-corrected chi connectivity index (χ3v) is 2.94. The summed E-state index contributed by atoms with van der Waals surface area (Å²) in [5, 5.41) is 9.05. The number of carbonyl (C=O) groups excluding carboxylic acids is 1.